The zero-order chi connectivity index (χ0) is 35.3. The van der Waals surface area contributed by atoms with Gasteiger partial charge in [0.1, 0.15) is 6.33 Å². The number of benzene rings is 1. The molecule has 0 amide bonds. The molecule has 2 aliphatic heterocycles. The molecule has 4 N–H and O–H groups in total. The van der Waals surface area contributed by atoms with Crippen LogP contribution in [0.4, 0.5) is 34.3 Å². The molecule has 2 saturated heterocycles. The number of hydrogen-bond acceptors (Lipinski definition) is 13. The molecule has 0 saturated carbocycles. The van der Waals surface area contributed by atoms with Crippen LogP contribution < -0.4 is 21.3 Å². The van der Waals surface area contributed by atoms with Gasteiger partial charge in [0, 0.05) is 50.3 Å². The third kappa shape index (κ3) is 8.76. The van der Waals surface area contributed by atoms with Crippen LogP contribution in [0, 0.1) is 5.82 Å². The highest BCUT2D eigenvalue weighted by atomic mass is 35.5. The summed E-state index contributed by atoms with van der Waals surface area (Å²) >= 11 is 7.09. The number of esters is 1. The highest BCUT2D eigenvalue weighted by Crippen LogP contribution is 2.41. The van der Waals surface area contributed by atoms with E-state index in [1.54, 1.807) is 18.9 Å². The Morgan fingerprint density at radius 3 is 2.73 bits per heavy atom. The summed E-state index contributed by atoms with van der Waals surface area (Å²) in [6, 6.07) is 3.50. The Morgan fingerprint density at radius 2 is 2.02 bits per heavy atom. The number of rotatable bonds is 13. The summed E-state index contributed by atoms with van der Waals surface area (Å²) in [7, 11) is 3.40. The van der Waals surface area contributed by atoms with Gasteiger partial charge >= 0.3 is 12.1 Å². The van der Waals surface area contributed by atoms with Gasteiger partial charge in [-0.05, 0) is 38.9 Å². The number of thiazole rings is 1. The largest absolute Gasteiger partial charge is 0.466 e. The number of piperazine rings is 1. The maximum Gasteiger partial charge on any atom is 0.417 e. The SMILES string of the molecule is CCOC(=O)CCN1CCN(c2ncnc(Nc3nc(-c4ccc(Cl)c(C(F)(F)F)c4)c(CN4[C@H](N)CC[C@H]4NC)s3)c2F)C[C@H]1COC. The first kappa shape index (κ1) is 37.1. The lowest BCUT2D eigenvalue weighted by atomic mass is 10.1. The molecule has 3 aromatic rings. The second-order valence-electron chi connectivity index (χ2n) is 11.7. The van der Waals surface area contributed by atoms with E-state index in [1.807, 2.05) is 11.9 Å². The van der Waals surface area contributed by atoms with Crippen LogP contribution in [-0.4, -0.2) is 103 Å². The van der Waals surface area contributed by atoms with Gasteiger partial charge in [0.05, 0.1) is 54.3 Å². The lowest BCUT2D eigenvalue weighted by Gasteiger charge is -2.41. The second kappa shape index (κ2) is 16.2. The number of alkyl halides is 3. The number of methoxy groups -OCH3 is 1. The van der Waals surface area contributed by atoms with Crippen molar-refractivity contribution in [1.82, 2.24) is 30.1 Å². The molecule has 0 spiro atoms. The van der Waals surface area contributed by atoms with E-state index < -0.39 is 22.6 Å². The number of carbonyl (C=O) groups excluding carboxylic acids is 1. The fraction of sp³-hybridized carbons (Fsp3) is 0.548. The molecule has 0 bridgehead atoms. The first-order valence-corrected chi connectivity index (χ1v) is 17.1. The monoisotopic (exact) mass is 729 g/mol. The van der Waals surface area contributed by atoms with E-state index in [9.17, 15) is 18.0 Å². The van der Waals surface area contributed by atoms with Gasteiger partial charge in [0.2, 0.25) is 5.82 Å². The van der Waals surface area contributed by atoms with Gasteiger partial charge in [-0.2, -0.15) is 17.6 Å². The fourth-order valence-electron chi connectivity index (χ4n) is 6.19. The molecular weight excluding hydrogens is 690 g/mol. The average Bonchev–Trinajstić information content (AvgIpc) is 3.63. The predicted octanol–water partition coefficient (Wildman–Crippen LogP) is 4.67. The molecule has 49 heavy (non-hydrogen) atoms. The molecule has 4 heterocycles. The lowest BCUT2D eigenvalue weighted by Crippen LogP contribution is -2.55. The van der Waals surface area contributed by atoms with Crippen molar-refractivity contribution in [1.29, 1.82) is 0 Å². The van der Waals surface area contributed by atoms with Gasteiger partial charge in [-0.3, -0.25) is 14.6 Å². The first-order chi connectivity index (χ1) is 23.4. The standard InChI is InChI=1S/C31H40ClF4N9O3S/c1-4-48-25(46)9-10-43-11-12-44(14-19(43)16-47-3)29-26(33)28(39-17-40-29)42-30-41-27(18-5-6-21(32)20(13-18)31(34,35)36)22(49-30)15-45-23(37)7-8-24(45)38-2/h5-6,13,17,19,23-24,38H,4,7-12,14-16,37H2,1-3H3,(H,39,40,41,42)/t19-,23-,24-/m0/s1. The van der Waals surface area contributed by atoms with Crippen molar-refractivity contribution in [2.75, 3.05) is 63.8 Å². The number of carbonyl (C=O) groups is 1. The van der Waals surface area contributed by atoms with Crippen molar-refractivity contribution in [3.05, 3.63) is 45.8 Å². The minimum atomic E-state index is -4.67. The molecule has 5 rings (SSSR count). The molecule has 12 nitrogen and oxygen atoms in total. The number of aromatic nitrogens is 3. The number of nitrogens with two attached hydrogens (primary N) is 1. The summed E-state index contributed by atoms with van der Waals surface area (Å²) < 4.78 is 68.0. The topological polar surface area (TPSA) is 134 Å². The van der Waals surface area contributed by atoms with Crippen molar-refractivity contribution in [3.63, 3.8) is 0 Å². The molecule has 0 aliphatic carbocycles. The van der Waals surface area contributed by atoms with Crippen molar-refractivity contribution >= 4 is 45.7 Å². The van der Waals surface area contributed by atoms with E-state index in [0.717, 1.165) is 18.9 Å². The number of anilines is 3. The van der Waals surface area contributed by atoms with E-state index in [0.29, 0.717) is 56.5 Å². The molecule has 0 unspecified atom stereocenters. The summed E-state index contributed by atoms with van der Waals surface area (Å²) in [5.74, 6) is -1.05. The second-order valence-corrected chi connectivity index (χ2v) is 13.2. The molecule has 268 valence electrons. The third-order valence-electron chi connectivity index (χ3n) is 8.63. The van der Waals surface area contributed by atoms with Crippen LogP contribution in [0.3, 0.4) is 0 Å². The smallest absolute Gasteiger partial charge is 0.417 e. The highest BCUT2D eigenvalue weighted by Gasteiger charge is 2.35. The maximum atomic E-state index is 16.1. The molecule has 18 heteroatoms. The molecule has 0 radical (unpaired) electrons. The van der Waals surface area contributed by atoms with E-state index in [4.69, 9.17) is 26.8 Å². The van der Waals surface area contributed by atoms with E-state index >= 15 is 4.39 Å². The Morgan fingerprint density at radius 1 is 1.22 bits per heavy atom. The number of hydrogen-bond donors (Lipinski definition) is 3. The molecule has 3 atom stereocenters. The Balaban J connectivity index is 1.41. The van der Waals surface area contributed by atoms with Gasteiger partial charge in [0.15, 0.2) is 16.8 Å². The van der Waals surface area contributed by atoms with Crippen molar-refractivity contribution in [3.8, 4) is 11.3 Å². The number of nitrogens with zero attached hydrogens (tertiary/aromatic N) is 6. The molecule has 2 aromatic heterocycles. The van der Waals surface area contributed by atoms with Crippen LogP contribution in [0.15, 0.2) is 24.5 Å². The minimum absolute atomic E-state index is 0.0354. The minimum Gasteiger partial charge on any atom is -0.466 e. The molecule has 2 aliphatic rings. The van der Waals surface area contributed by atoms with Gasteiger partial charge in [-0.25, -0.2) is 15.0 Å². The summed E-state index contributed by atoms with van der Waals surface area (Å²) in [6.07, 6.45) is -1.96. The quantitative estimate of drug-likeness (QED) is 0.167. The zero-order valence-corrected chi connectivity index (χ0v) is 29.0. The maximum absolute atomic E-state index is 16.1. The van der Waals surface area contributed by atoms with Crippen LogP contribution in [0.5, 0.6) is 0 Å². The van der Waals surface area contributed by atoms with Crippen molar-refractivity contribution < 1.29 is 31.8 Å². The van der Waals surface area contributed by atoms with Gasteiger partial charge in [-0.1, -0.05) is 29.0 Å². The summed E-state index contributed by atoms with van der Waals surface area (Å²) in [6.45, 7) is 4.55. The predicted molar refractivity (Wildman–Crippen MR) is 179 cm³/mol. The van der Waals surface area contributed by atoms with Gasteiger partial charge in [-0.15, -0.1) is 0 Å². The van der Waals surface area contributed by atoms with Crippen LogP contribution >= 0.6 is 22.9 Å². The number of likely N-dealkylation sites (tertiary alicyclic amines) is 1. The molecule has 1 aromatic carbocycles. The third-order valence-corrected chi connectivity index (χ3v) is 9.92. The van der Waals surface area contributed by atoms with Crippen LogP contribution in [-0.2, 0) is 27.0 Å². The van der Waals surface area contributed by atoms with Crippen molar-refractivity contribution in [2.24, 2.45) is 5.73 Å². The van der Waals surface area contributed by atoms with Crippen LogP contribution in [0.2, 0.25) is 5.02 Å². The first-order valence-electron chi connectivity index (χ1n) is 15.9. The Bertz CT molecular complexity index is 1600. The Hall–Kier alpha value is -3.19. The number of halogens is 5. The highest BCUT2D eigenvalue weighted by molar-refractivity contribution is 7.16. The lowest BCUT2D eigenvalue weighted by molar-refractivity contribution is -0.143. The van der Waals surface area contributed by atoms with Gasteiger partial charge < -0.3 is 30.7 Å². The van der Waals surface area contributed by atoms with E-state index in [2.05, 4.69) is 30.5 Å². The summed E-state index contributed by atoms with van der Waals surface area (Å²) in [5, 5.41) is 5.98. The summed E-state index contributed by atoms with van der Waals surface area (Å²) in [4.78, 5) is 31.5. The Labute approximate surface area is 290 Å². The Kier molecular flexibility index (Phi) is 12.3. The molecular formula is C31H40ClF4N9O3S. The summed E-state index contributed by atoms with van der Waals surface area (Å²) in [5.41, 5.74) is 5.90. The average molecular weight is 730 g/mol. The fourth-order valence-corrected chi connectivity index (χ4v) is 7.41. The normalized spacial score (nSPS) is 20.6. The zero-order valence-electron chi connectivity index (χ0n) is 27.4. The van der Waals surface area contributed by atoms with E-state index in [1.165, 1.54) is 29.8 Å². The van der Waals surface area contributed by atoms with Gasteiger partial charge in [0.25, 0.3) is 0 Å². The number of nitrogens with one attached hydrogen (secondary N) is 2. The molecule has 2 fully saturated rings. The van der Waals surface area contributed by atoms with Crippen LogP contribution in [0.25, 0.3) is 11.3 Å². The van der Waals surface area contributed by atoms with Crippen LogP contribution in [0.1, 0.15) is 36.6 Å². The number of ether oxygens (including phenoxy) is 2. The van der Waals surface area contributed by atoms with E-state index in [-0.39, 0.29) is 53.1 Å². The van der Waals surface area contributed by atoms with Crippen molar-refractivity contribution in [2.45, 2.75) is 57.3 Å².